The Balaban J connectivity index is 1.98. The summed E-state index contributed by atoms with van der Waals surface area (Å²) in [5.74, 6) is -2.27. The number of carboxylic acids is 1. The third-order valence-corrected chi connectivity index (χ3v) is 3.40. The highest BCUT2D eigenvalue weighted by atomic mass is 16.4. The number of nitrogens with zero attached hydrogens (tertiary/aromatic N) is 2. The minimum Gasteiger partial charge on any atom is -0.505 e. The largest absolute Gasteiger partial charge is 0.505 e. The maximum atomic E-state index is 11.9. The van der Waals surface area contributed by atoms with E-state index in [0.717, 1.165) is 5.56 Å². The van der Waals surface area contributed by atoms with E-state index >= 15 is 0 Å². The van der Waals surface area contributed by atoms with E-state index in [1.807, 2.05) is 30.3 Å². The Morgan fingerprint density at radius 3 is 2.54 bits per heavy atom. The van der Waals surface area contributed by atoms with Crippen molar-refractivity contribution in [3.63, 3.8) is 0 Å². The summed E-state index contributed by atoms with van der Waals surface area (Å²) < 4.78 is 0. The predicted octanol–water partition coefficient (Wildman–Crippen LogP) is 1.82. The predicted molar refractivity (Wildman–Crippen MR) is 86.6 cm³/mol. The van der Waals surface area contributed by atoms with Gasteiger partial charge < -0.3 is 15.5 Å². The molecule has 0 aliphatic heterocycles. The fraction of sp³-hybridized carbons (Fsp3) is 0.0588. The molecule has 7 nitrogen and oxygen atoms in total. The van der Waals surface area contributed by atoms with Crippen LogP contribution in [0.3, 0.4) is 0 Å². The van der Waals surface area contributed by atoms with Crippen molar-refractivity contribution in [1.29, 1.82) is 0 Å². The Morgan fingerprint density at radius 1 is 1.08 bits per heavy atom. The van der Waals surface area contributed by atoms with Crippen LogP contribution in [0.25, 0.3) is 22.2 Å². The summed E-state index contributed by atoms with van der Waals surface area (Å²) in [4.78, 5) is 30.7. The van der Waals surface area contributed by atoms with Crippen LogP contribution in [0.1, 0.15) is 10.5 Å². The van der Waals surface area contributed by atoms with Gasteiger partial charge in [-0.1, -0.05) is 30.3 Å². The van der Waals surface area contributed by atoms with Crippen LogP contribution in [0, 0.1) is 0 Å². The molecular formula is C17H13N3O4. The van der Waals surface area contributed by atoms with Gasteiger partial charge in [0, 0.05) is 10.9 Å². The third-order valence-electron chi connectivity index (χ3n) is 3.40. The molecule has 0 saturated carbocycles. The van der Waals surface area contributed by atoms with Gasteiger partial charge in [0.05, 0.1) is 17.4 Å². The van der Waals surface area contributed by atoms with E-state index < -0.39 is 18.4 Å². The monoisotopic (exact) mass is 323 g/mol. The fourth-order valence-electron chi connectivity index (χ4n) is 2.26. The minimum atomic E-state index is -1.18. The molecular weight excluding hydrogens is 310 g/mol. The Morgan fingerprint density at radius 2 is 1.83 bits per heavy atom. The summed E-state index contributed by atoms with van der Waals surface area (Å²) >= 11 is 0. The van der Waals surface area contributed by atoms with Crippen LogP contribution in [-0.4, -0.2) is 38.6 Å². The first kappa shape index (κ1) is 15.4. The smallest absolute Gasteiger partial charge is 0.322 e. The summed E-state index contributed by atoms with van der Waals surface area (Å²) in [6.45, 7) is -0.552. The fourth-order valence-corrected chi connectivity index (χ4v) is 2.26. The van der Waals surface area contributed by atoms with Crippen LogP contribution in [-0.2, 0) is 4.79 Å². The highest BCUT2D eigenvalue weighted by Gasteiger charge is 2.17. The van der Waals surface area contributed by atoms with Gasteiger partial charge in [0.15, 0.2) is 11.4 Å². The maximum absolute atomic E-state index is 11.9. The molecule has 0 aliphatic carbocycles. The van der Waals surface area contributed by atoms with Crippen molar-refractivity contribution in [3.05, 3.63) is 54.4 Å². The van der Waals surface area contributed by atoms with Gasteiger partial charge in [-0.05, 0) is 12.1 Å². The Labute approximate surface area is 136 Å². The number of aromatic hydroxyl groups is 1. The molecule has 0 atom stereocenters. The SMILES string of the molecule is O=C(O)CNC(=O)c1ncc2nc(-c3ccccc3)ccc2c1O. The van der Waals surface area contributed by atoms with Crippen LogP contribution < -0.4 is 5.32 Å². The van der Waals surface area contributed by atoms with Gasteiger partial charge in [0.25, 0.3) is 5.91 Å². The lowest BCUT2D eigenvalue weighted by molar-refractivity contribution is -0.135. The first-order valence-electron chi connectivity index (χ1n) is 7.10. The average Bonchev–Trinajstić information content (AvgIpc) is 2.60. The number of aliphatic carboxylic acids is 1. The molecule has 0 spiro atoms. The van der Waals surface area contributed by atoms with E-state index in [9.17, 15) is 14.7 Å². The molecule has 2 aromatic heterocycles. The van der Waals surface area contributed by atoms with Crippen LogP contribution in [0.4, 0.5) is 0 Å². The first-order valence-corrected chi connectivity index (χ1v) is 7.10. The molecule has 7 heteroatoms. The van der Waals surface area contributed by atoms with E-state index in [1.54, 1.807) is 12.1 Å². The van der Waals surface area contributed by atoms with Crippen LogP contribution in [0.5, 0.6) is 5.75 Å². The van der Waals surface area contributed by atoms with E-state index in [-0.39, 0.29) is 11.4 Å². The molecule has 0 aliphatic rings. The van der Waals surface area contributed by atoms with Gasteiger partial charge in [-0.2, -0.15) is 0 Å². The van der Waals surface area contributed by atoms with Crippen molar-refractivity contribution in [2.75, 3.05) is 6.54 Å². The van der Waals surface area contributed by atoms with Crippen LogP contribution in [0.2, 0.25) is 0 Å². The van der Waals surface area contributed by atoms with Crippen molar-refractivity contribution in [2.45, 2.75) is 0 Å². The molecule has 0 fully saturated rings. The highest BCUT2D eigenvalue weighted by molar-refractivity contribution is 6.01. The topological polar surface area (TPSA) is 112 Å². The van der Waals surface area contributed by atoms with Crippen molar-refractivity contribution in [2.24, 2.45) is 0 Å². The lowest BCUT2D eigenvalue weighted by Crippen LogP contribution is -2.29. The summed E-state index contributed by atoms with van der Waals surface area (Å²) in [5.41, 5.74) is 1.83. The van der Waals surface area contributed by atoms with Gasteiger partial charge in [-0.25, -0.2) is 9.97 Å². The number of carboxylic acid groups (broad SMARTS) is 1. The second kappa shape index (κ2) is 6.33. The molecule has 2 heterocycles. The van der Waals surface area contributed by atoms with Crippen molar-refractivity contribution >= 4 is 22.8 Å². The zero-order chi connectivity index (χ0) is 17.1. The molecule has 0 radical (unpaired) electrons. The number of aromatic nitrogens is 2. The van der Waals surface area contributed by atoms with E-state index in [0.29, 0.717) is 16.6 Å². The van der Waals surface area contributed by atoms with Gasteiger partial charge >= 0.3 is 5.97 Å². The third kappa shape index (κ3) is 3.00. The zero-order valence-corrected chi connectivity index (χ0v) is 12.4. The standard InChI is InChI=1S/C17H13N3O4/c21-14(22)9-19-17(24)15-16(23)11-6-7-12(20-13(11)8-18-15)10-4-2-1-3-5-10/h1-8,23H,9H2,(H,19,24)(H,21,22). The second-order valence-electron chi connectivity index (χ2n) is 5.03. The van der Waals surface area contributed by atoms with Gasteiger partial charge in [-0.15, -0.1) is 0 Å². The Kier molecular flexibility index (Phi) is 4.07. The first-order chi connectivity index (χ1) is 11.6. The number of amides is 1. The minimum absolute atomic E-state index is 0.238. The lowest BCUT2D eigenvalue weighted by Gasteiger charge is -2.08. The molecule has 120 valence electrons. The summed E-state index contributed by atoms with van der Waals surface area (Å²) in [7, 11) is 0. The number of fused-ring (bicyclic) bond motifs is 1. The molecule has 0 unspecified atom stereocenters. The van der Waals surface area contributed by atoms with Crippen molar-refractivity contribution in [1.82, 2.24) is 15.3 Å². The molecule has 3 aromatic rings. The Bertz CT molecular complexity index is 926. The lowest BCUT2D eigenvalue weighted by atomic mass is 10.1. The number of nitrogens with one attached hydrogen (secondary N) is 1. The maximum Gasteiger partial charge on any atom is 0.322 e. The van der Waals surface area contributed by atoms with Crippen LogP contribution in [0.15, 0.2) is 48.7 Å². The zero-order valence-electron chi connectivity index (χ0n) is 12.4. The van der Waals surface area contributed by atoms with E-state index in [1.165, 1.54) is 6.20 Å². The second-order valence-corrected chi connectivity index (χ2v) is 5.03. The normalized spacial score (nSPS) is 10.5. The number of hydrogen-bond donors (Lipinski definition) is 3. The van der Waals surface area contributed by atoms with Crippen molar-refractivity contribution in [3.8, 4) is 17.0 Å². The van der Waals surface area contributed by atoms with E-state index in [4.69, 9.17) is 5.11 Å². The number of carbonyl (C=O) groups is 2. The number of hydrogen-bond acceptors (Lipinski definition) is 5. The van der Waals surface area contributed by atoms with Gasteiger partial charge in [0.2, 0.25) is 0 Å². The van der Waals surface area contributed by atoms with Crippen LogP contribution >= 0.6 is 0 Å². The molecule has 24 heavy (non-hydrogen) atoms. The Hall–Kier alpha value is -3.48. The molecule has 3 N–H and O–H groups in total. The quantitative estimate of drug-likeness (QED) is 0.675. The summed E-state index contributed by atoms with van der Waals surface area (Å²) in [6, 6.07) is 12.9. The molecule has 1 amide bonds. The molecule has 0 bridgehead atoms. The summed E-state index contributed by atoms with van der Waals surface area (Å²) in [6.07, 6.45) is 1.37. The van der Waals surface area contributed by atoms with Gasteiger partial charge in [0.1, 0.15) is 6.54 Å². The highest BCUT2D eigenvalue weighted by Crippen LogP contribution is 2.28. The number of rotatable bonds is 4. The molecule has 1 aromatic carbocycles. The molecule has 0 saturated heterocycles. The average molecular weight is 323 g/mol. The number of pyridine rings is 2. The van der Waals surface area contributed by atoms with Gasteiger partial charge in [-0.3, -0.25) is 9.59 Å². The number of carbonyl (C=O) groups excluding carboxylic acids is 1. The summed E-state index contributed by atoms with van der Waals surface area (Å²) in [5, 5.41) is 21.3. The molecule has 3 rings (SSSR count). The van der Waals surface area contributed by atoms with E-state index in [2.05, 4.69) is 15.3 Å². The van der Waals surface area contributed by atoms with Crippen molar-refractivity contribution < 1.29 is 19.8 Å². The number of benzene rings is 1.